The van der Waals surface area contributed by atoms with Crippen molar-refractivity contribution in [2.75, 3.05) is 56.6 Å². The lowest BCUT2D eigenvalue weighted by atomic mass is 10.2. The van der Waals surface area contributed by atoms with Gasteiger partial charge >= 0.3 is 0 Å². The number of hydrogen-bond donors (Lipinski definition) is 2. The number of carbonyl (C=O) groups is 1. The molecule has 1 amide bonds. The van der Waals surface area contributed by atoms with Crippen LogP contribution in [0.15, 0.2) is 18.2 Å². The van der Waals surface area contributed by atoms with Crippen LogP contribution in [0, 0.1) is 0 Å². The molecule has 0 aliphatic carbocycles. The third kappa shape index (κ3) is 3.20. The zero-order chi connectivity index (χ0) is 13.8. The fourth-order valence-electron chi connectivity index (χ4n) is 2.38. The average Bonchev–Trinajstić information content (AvgIpc) is 2.48. The Bertz CT molecular complexity index is 487. The second-order valence-corrected chi connectivity index (χ2v) is 4.93. The zero-order valence-corrected chi connectivity index (χ0v) is 11.4. The van der Waals surface area contributed by atoms with Crippen molar-refractivity contribution >= 4 is 17.3 Å². The molecule has 1 aromatic carbocycles. The minimum atomic E-state index is -0.108. The van der Waals surface area contributed by atoms with Gasteiger partial charge in [-0.25, -0.2) is 0 Å². The third-order valence-corrected chi connectivity index (χ3v) is 3.47. The van der Waals surface area contributed by atoms with Crippen molar-refractivity contribution in [1.82, 2.24) is 4.90 Å². The standard InChI is InChI=1S/C14H19N3O3/c18-14-10-20-13-2-1-11(9-12(13)16-14)15-3-4-17-5-7-19-8-6-17/h1-2,9,15H,3-8,10H2,(H,16,18). The van der Waals surface area contributed by atoms with Crippen LogP contribution in [-0.4, -0.2) is 56.8 Å². The molecule has 2 heterocycles. The molecule has 0 unspecified atom stereocenters. The van der Waals surface area contributed by atoms with Crippen LogP contribution in [-0.2, 0) is 9.53 Å². The van der Waals surface area contributed by atoms with Gasteiger partial charge in [-0.05, 0) is 18.2 Å². The van der Waals surface area contributed by atoms with Crippen LogP contribution in [0.3, 0.4) is 0 Å². The molecule has 0 aromatic heterocycles. The van der Waals surface area contributed by atoms with Crippen LogP contribution in [0.5, 0.6) is 5.75 Å². The van der Waals surface area contributed by atoms with Crippen molar-refractivity contribution < 1.29 is 14.3 Å². The summed E-state index contributed by atoms with van der Waals surface area (Å²) in [6.45, 7) is 5.59. The fourth-order valence-corrected chi connectivity index (χ4v) is 2.38. The van der Waals surface area contributed by atoms with Crippen LogP contribution >= 0.6 is 0 Å². The number of ether oxygens (including phenoxy) is 2. The SMILES string of the molecule is O=C1COc2ccc(NCCN3CCOCC3)cc2N1. The fraction of sp³-hybridized carbons (Fsp3) is 0.500. The van der Waals surface area contributed by atoms with Gasteiger partial charge in [-0.15, -0.1) is 0 Å². The van der Waals surface area contributed by atoms with E-state index in [9.17, 15) is 4.79 Å². The molecule has 0 bridgehead atoms. The number of hydrogen-bond acceptors (Lipinski definition) is 5. The molecule has 0 spiro atoms. The Hall–Kier alpha value is -1.79. The number of carbonyl (C=O) groups excluding carboxylic acids is 1. The molecule has 0 atom stereocenters. The van der Waals surface area contributed by atoms with E-state index in [2.05, 4.69) is 15.5 Å². The van der Waals surface area contributed by atoms with Gasteiger partial charge in [-0.2, -0.15) is 0 Å². The number of morpholine rings is 1. The molecule has 6 nitrogen and oxygen atoms in total. The van der Waals surface area contributed by atoms with Gasteiger partial charge in [-0.1, -0.05) is 0 Å². The molecule has 2 aliphatic heterocycles. The quantitative estimate of drug-likeness (QED) is 0.851. The summed E-state index contributed by atoms with van der Waals surface area (Å²) in [7, 11) is 0. The Balaban J connectivity index is 1.52. The summed E-state index contributed by atoms with van der Waals surface area (Å²) in [4.78, 5) is 13.7. The summed E-state index contributed by atoms with van der Waals surface area (Å²) in [5, 5.41) is 6.18. The summed E-state index contributed by atoms with van der Waals surface area (Å²) in [6, 6.07) is 5.76. The monoisotopic (exact) mass is 277 g/mol. The number of anilines is 2. The van der Waals surface area contributed by atoms with E-state index in [4.69, 9.17) is 9.47 Å². The first-order chi connectivity index (χ1) is 9.81. The lowest BCUT2D eigenvalue weighted by molar-refractivity contribution is -0.118. The van der Waals surface area contributed by atoms with E-state index in [0.717, 1.165) is 56.5 Å². The molecule has 108 valence electrons. The van der Waals surface area contributed by atoms with Gasteiger partial charge in [0.25, 0.3) is 5.91 Å². The second-order valence-electron chi connectivity index (χ2n) is 4.93. The van der Waals surface area contributed by atoms with E-state index in [1.54, 1.807) is 0 Å². The van der Waals surface area contributed by atoms with Crippen LogP contribution in [0.1, 0.15) is 0 Å². The molecule has 1 saturated heterocycles. The van der Waals surface area contributed by atoms with E-state index in [1.165, 1.54) is 0 Å². The first kappa shape index (κ1) is 13.2. The van der Waals surface area contributed by atoms with Crippen molar-refractivity contribution in [2.45, 2.75) is 0 Å². The predicted molar refractivity (Wildman–Crippen MR) is 76.3 cm³/mol. The molecule has 1 fully saturated rings. The first-order valence-corrected chi connectivity index (χ1v) is 6.92. The van der Waals surface area contributed by atoms with E-state index >= 15 is 0 Å². The highest BCUT2D eigenvalue weighted by atomic mass is 16.5. The number of benzene rings is 1. The van der Waals surface area contributed by atoms with E-state index in [0.29, 0.717) is 0 Å². The average molecular weight is 277 g/mol. The summed E-state index contributed by atoms with van der Waals surface area (Å²) in [5.41, 5.74) is 1.72. The zero-order valence-electron chi connectivity index (χ0n) is 11.4. The third-order valence-electron chi connectivity index (χ3n) is 3.47. The van der Waals surface area contributed by atoms with Crippen LogP contribution in [0.4, 0.5) is 11.4 Å². The lowest BCUT2D eigenvalue weighted by Gasteiger charge is -2.26. The largest absolute Gasteiger partial charge is 0.482 e. The predicted octanol–water partition coefficient (Wildman–Crippen LogP) is 0.762. The maximum Gasteiger partial charge on any atom is 0.262 e. The summed E-state index contributed by atoms with van der Waals surface area (Å²) in [5.74, 6) is 0.617. The van der Waals surface area contributed by atoms with Gasteiger partial charge in [0.15, 0.2) is 6.61 Å². The molecular formula is C14H19N3O3. The molecule has 2 N–H and O–H groups in total. The topological polar surface area (TPSA) is 62.8 Å². The Morgan fingerprint density at radius 3 is 3.00 bits per heavy atom. The summed E-state index contributed by atoms with van der Waals surface area (Å²) >= 11 is 0. The van der Waals surface area contributed by atoms with Crippen molar-refractivity contribution in [3.05, 3.63) is 18.2 Å². The van der Waals surface area contributed by atoms with E-state index in [1.807, 2.05) is 18.2 Å². The molecule has 1 aromatic rings. The van der Waals surface area contributed by atoms with Gasteiger partial charge in [0, 0.05) is 31.9 Å². The highest BCUT2D eigenvalue weighted by Gasteiger charge is 2.16. The van der Waals surface area contributed by atoms with Crippen LogP contribution in [0.25, 0.3) is 0 Å². The molecule has 0 saturated carbocycles. The van der Waals surface area contributed by atoms with Gasteiger partial charge in [0.1, 0.15) is 5.75 Å². The number of fused-ring (bicyclic) bond motifs is 1. The minimum Gasteiger partial charge on any atom is -0.482 e. The highest BCUT2D eigenvalue weighted by Crippen LogP contribution is 2.30. The Morgan fingerprint density at radius 2 is 2.15 bits per heavy atom. The van der Waals surface area contributed by atoms with Crippen molar-refractivity contribution in [1.29, 1.82) is 0 Å². The molecule has 6 heteroatoms. The number of nitrogens with zero attached hydrogens (tertiary/aromatic N) is 1. The van der Waals surface area contributed by atoms with Crippen LogP contribution < -0.4 is 15.4 Å². The maximum absolute atomic E-state index is 11.3. The summed E-state index contributed by atoms with van der Waals surface area (Å²) < 4.78 is 10.6. The van der Waals surface area contributed by atoms with Gasteiger partial charge in [-0.3, -0.25) is 9.69 Å². The number of nitrogens with one attached hydrogen (secondary N) is 2. The van der Waals surface area contributed by atoms with E-state index < -0.39 is 0 Å². The maximum atomic E-state index is 11.3. The van der Waals surface area contributed by atoms with Gasteiger partial charge < -0.3 is 20.1 Å². The Labute approximate surface area is 118 Å². The molecule has 0 radical (unpaired) electrons. The van der Waals surface area contributed by atoms with Crippen molar-refractivity contribution in [2.24, 2.45) is 0 Å². The van der Waals surface area contributed by atoms with Gasteiger partial charge in [0.2, 0.25) is 0 Å². The van der Waals surface area contributed by atoms with E-state index in [-0.39, 0.29) is 12.5 Å². The lowest BCUT2D eigenvalue weighted by Crippen LogP contribution is -2.39. The van der Waals surface area contributed by atoms with Crippen molar-refractivity contribution in [3.63, 3.8) is 0 Å². The molecular weight excluding hydrogens is 258 g/mol. The Morgan fingerprint density at radius 1 is 1.30 bits per heavy atom. The first-order valence-electron chi connectivity index (χ1n) is 6.92. The smallest absolute Gasteiger partial charge is 0.262 e. The number of rotatable bonds is 4. The minimum absolute atomic E-state index is 0.0941. The second kappa shape index (κ2) is 6.11. The molecule has 3 rings (SSSR count). The summed E-state index contributed by atoms with van der Waals surface area (Å²) in [6.07, 6.45) is 0. The van der Waals surface area contributed by atoms with Crippen LogP contribution in [0.2, 0.25) is 0 Å². The highest BCUT2D eigenvalue weighted by molar-refractivity contribution is 5.95. The normalized spacial score (nSPS) is 18.9. The molecule has 2 aliphatic rings. The van der Waals surface area contributed by atoms with Crippen molar-refractivity contribution in [3.8, 4) is 5.75 Å². The van der Waals surface area contributed by atoms with Gasteiger partial charge in [0.05, 0.1) is 18.9 Å². The molecule has 20 heavy (non-hydrogen) atoms. The Kier molecular flexibility index (Phi) is 4.03. The number of amides is 1.